The van der Waals surface area contributed by atoms with Crippen molar-refractivity contribution in [3.8, 4) is 0 Å². The summed E-state index contributed by atoms with van der Waals surface area (Å²) < 4.78 is 13.4. The molecule has 0 aliphatic carbocycles. The van der Waals surface area contributed by atoms with Crippen molar-refractivity contribution in [2.45, 2.75) is 51.5 Å². The van der Waals surface area contributed by atoms with E-state index in [0.717, 1.165) is 31.5 Å². The van der Waals surface area contributed by atoms with Crippen LogP contribution in [0.4, 0.5) is 4.39 Å². The predicted octanol–water partition coefficient (Wildman–Crippen LogP) is 3.15. The monoisotopic (exact) mass is 318 g/mol. The summed E-state index contributed by atoms with van der Waals surface area (Å²) in [5, 5.41) is 0. The molecule has 2 heterocycles. The standard InChI is InChI=1S/C19H27FN2O/c1-15-12-16(7-8-18(15)20)13-19(23)22-11-3-2-6-17(22)14-21-9-4-5-10-21/h7-8,12,17H,2-6,9-11,13-14H2,1H3/t17-/m1/s1. The number of nitrogens with zero attached hydrogens (tertiary/aromatic N) is 2. The van der Waals surface area contributed by atoms with Gasteiger partial charge >= 0.3 is 0 Å². The molecule has 23 heavy (non-hydrogen) atoms. The van der Waals surface area contributed by atoms with Crippen LogP contribution in [0, 0.1) is 12.7 Å². The number of rotatable bonds is 4. The number of aryl methyl sites for hydroxylation is 1. The van der Waals surface area contributed by atoms with Gasteiger partial charge in [0.2, 0.25) is 5.91 Å². The molecule has 0 bridgehead atoms. The normalized spacial score (nSPS) is 22.5. The van der Waals surface area contributed by atoms with Crippen molar-refractivity contribution in [1.82, 2.24) is 9.80 Å². The summed E-state index contributed by atoms with van der Waals surface area (Å²) in [5.74, 6) is -0.00835. The van der Waals surface area contributed by atoms with Crippen molar-refractivity contribution in [3.63, 3.8) is 0 Å². The Labute approximate surface area is 138 Å². The van der Waals surface area contributed by atoms with E-state index in [2.05, 4.69) is 9.80 Å². The first-order valence-electron chi connectivity index (χ1n) is 8.90. The molecular formula is C19H27FN2O. The van der Waals surface area contributed by atoms with Gasteiger partial charge in [0.1, 0.15) is 5.82 Å². The van der Waals surface area contributed by atoms with Gasteiger partial charge in [-0.1, -0.05) is 12.1 Å². The summed E-state index contributed by atoms with van der Waals surface area (Å²) in [4.78, 5) is 17.3. The molecule has 0 N–H and O–H groups in total. The van der Waals surface area contributed by atoms with E-state index >= 15 is 0 Å². The summed E-state index contributed by atoms with van der Waals surface area (Å²) in [6.45, 7) is 6.00. The molecular weight excluding hydrogens is 291 g/mol. The van der Waals surface area contributed by atoms with E-state index in [1.807, 2.05) is 0 Å². The Hall–Kier alpha value is -1.42. The molecule has 0 spiro atoms. The second-order valence-corrected chi connectivity index (χ2v) is 7.00. The zero-order valence-corrected chi connectivity index (χ0v) is 14.1. The van der Waals surface area contributed by atoms with Crippen LogP contribution in [0.15, 0.2) is 18.2 Å². The van der Waals surface area contributed by atoms with Crippen molar-refractivity contribution < 1.29 is 9.18 Å². The molecule has 1 amide bonds. The first-order valence-corrected chi connectivity index (χ1v) is 8.90. The lowest BCUT2D eigenvalue weighted by atomic mass is 10.00. The van der Waals surface area contributed by atoms with Crippen LogP contribution in [0.5, 0.6) is 0 Å². The summed E-state index contributed by atoms with van der Waals surface area (Å²) >= 11 is 0. The lowest BCUT2D eigenvalue weighted by Crippen LogP contribution is -2.49. The average molecular weight is 318 g/mol. The molecule has 2 aliphatic rings. The zero-order valence-electron chi connectivity index (χ0n) is 14.1. The predicted molar refractivity (Wildman–Crippen MR) is 89.9 cm³/mol. The third kappa shape index (κ3) is 4.11. The fourth-order valence-corrected chi connectivity index (χ4v) is 3.87. The smallest absolute Gasteiger partial charge is 0.227 e. The number of carbonyl (C=O) groups excluding carboxylic acids is 1. The number of likely N-dealkylation sites (tertiary alicyclic amines) is 2. The number of piperidine rings is 1. The van der Waals surface area contributed by atoms with Crippen LogP contribution in [0.25, 0.3) is 0 Å². The highest BCUT2D eigenvalue weighted by molar-refractivity contribution is 5.79. The van der Waals surface area contributed by atoms with E-state index in [1.54, 1.807) is 19.1 Å². The molecule has 0 unspecified atom stereocenters. The molecule has 1 aromatic rings. The maximum Gasteiger partial charge on any atom is 0.227 e. The van der Waals surface area contributed by atoms with Crippen LogP contribution in [0.1, 0.15) is 43.2 Å². The van der Waals surface area contributed by atoms with Crippen molar-refractivity contribution in [1.29, 1.82) is 0 Å². The first-order chi connectivity index (χ1) is 11.1. The van der Waals surface area contributed by atoms with Crippen LogP contribution in [0.3, 0.4) is 0 Å². The minimum atomic E-state index is -0.203. The number of benzene rings is 1. The maximum absolute atomic E-state index is 13.4. The number of hydrogen-bond donors (Lipinski definition) is 0. The third-order valence-electron chi connectivity index (χ3n) is 5.19. The molecule has 1 atom stereocenters. The molecule has 0 radical (unpaired) electrons. The second kappa shape index (κ2) is 7.43. The van der Waals surface area contributed by atoms with Gasteiger partial charge in [0.05, 0.1) is 6.42 Å². The molecule has 0 aromatic heterocycles. The van der Waals surface area contributed by atoms with E-state index in [1.165, 1.54) is 38.4 Å². The molecule has 2 aliphatic heterocycles. The third-order valence-corrected chi connectivity index (χ3v) is 5.19. The molecule has 1 aromatic carbocycles. The van der Waals surface area contributed by atoms with Gasteiger partial charge in [-0.05, 0) is 69.3 Å². The summed E-state index contributed by atoms with van der Waals surface area (Å²) in [5.41, 5.74) is 1.53. The number of carbonyl (C=O) groups is 1. The van der Waals surface area contributed by atoms with E-state index in [4.69, 9.17) is 0 Å². The maximum atomic E-state index is 13.4. The SMILES string of the molecule is Cc1cc(CC(=O)N2CCCC[C@@H]2CN2CCCC2)ccc1F. The van der Waals surface area contributed by atoms with Gasteiger partial charge in [0.15, 0.2) is 0 Å². The van der Waals surface area contributed by atoms with Gasteiger partial charge in [-0.15, -0.1) is 0 Å². The Morgan fingerprint density at radius 1 is 1.17 bits per heavy atom. The van der Waals surface area contributed by atoms with Crippen LogP contribution >= 0.6 is 0 Å². The van der Waals surface area contributed by atoms with E-state index in [0.29, 0.717) is 18.0 Å². The van der Waals surface area contributed by atoms with E-state index in [9.17, 15) is 9.18 Å². The summed E-state index contributed by atoms with van der Waals surface area (Å²) in [6, 6.07) is 5.36. The topological polar surface area (TPSA) is 23.6 Å². The van der Waals surface area contributed by atoms with Gasteiger partial charge in [-0.2, -0.15) is 0 Å². The Morgan fingerprint density at radius 2 is 1.91 bits per heavy atom. The van der Waals surface area contributed by atoms with Crippen LogP contribution in [-0.2, 0) is 11.2 Å². The molecule has 126 valence electrons. The Balaban J connectivity index is 1.64. The Bertz CT molecular complexity index is 554. The molecule has 0 saturated carbocycles. The average Bonchev–Trinajstić information content (AvgIpc) is 3.04. The summed E-state index contributed by atoms with van der Waals surface area (Å²) in [7, 11) is 0. The van der Waals surface area contributed by atoms with E-state index < -0.39 is 0 Å². The van der Waals surface area contributed by atoms with Gasteiger partial charge in [0, 0.05) is 19.1 Å². The quantitative estimate of drug-likeness (QED) is 0.851. The molecule has 4 heteroatoms. The Kier molecular flexibility index (Phi) is 5.31. The molecule has 2 saturated heterocycles. The van der Waals surface area contributed by atoms with Crippen LogP contribution in [0.2, 0.25) is 0 Å². The number of halogens is 1. The lowest BCUT2D eigenvalue weighted by Gasteiger charge is -2.38. The minimum Gasteiger partial charge on any atom is -0.338 e. The second-order valence-electron chi connectivity index (χ2n) is 7.00. The summed E-state index contributed by atoms with van der Waals surface area (Å²) in [6.07, 6.45) is 6.40. The molecule has 2 fully saturated rings. The van der Waals surface area contributed by atoms with Crippen LogP contribution in [-0.4, -0.2) is 47.9 Å². The highest BCUT2D eigenvalue weighted by Crippen LogP contribution is 2.21. The van der Waals surface area contributed by atoms with Crippen molar-refractivity contribution >= 4 is 5.91 Å². The zero-order chi connectivity index (χ0) is 16.2. The fourth-order valence-electron chi connectivity index (χ4n) is 3.87. The van der Waals surface area contributed by atoms with Crippen molar-refractivity contribution in [2.75, 3.05) is 26.2 Å². The van der Waals surface area contributed by atoms with Gasteiger partial charge in [-0.25, -0.2) is 4.39 Å². The van der Waals surface area contributed by atoms with Gasteiger partial charge in [0.25, 0.3) is 0 Å². The van der Waals surface area contributed by atoms with Gasteiger partial charge < -0.3 is 9.80 Å². The van der Waals surface area contributed by atoms with Crippen molar-refractivity contribution in [3.05, 3.63) is 35.1 Å². The number of amides is 1. The Morgan fingerprint density at radius 3 is 2.65 bits per heavy atom. The number of hydrogen-bond acceptors (Lipinski definition) is 2. The highest BCUT2D eigenvalue weighted by Gasteiger charge is 2.28. The van der Waals surface area contributed by atoms with E-state index in [-0.39, 0.29) is 11.7 Å². The highest BCUT2D eigenvalue weighted by atomic mass is 19.1. The van der Waals surface area contributed by atoms with Gasteiger partial charge in [-0.3, -0.25) is 4.79 Å². The van der Waals surface area contributed by atoms with Crippen LogP contribution < -0.4 is 0 Å². The lowest BCUT2D eigenvalue weighted by molar-refractivity contribution is -0.134. The fraction of sp³-hybridized carbons (Fsp3) is 0.632. The largest absolute Gasteiger partial charge is 0.338 e. The molecule has 3 nitrogen and oxygen atoms in total. The minimum absolute atomic E-state index is 0.194. The first kappa shape index (κ1) is 16.4. The van der Waals surface area contributed by atoms with Crippen molar-refractivity contribution in [2.24, 2.45) is 0 Å². The molecule has 3 rings (SSSR count).